The van der Waals surface area contributed by atoms with Gasteiger partial charge in [0.25, 0.3) is 5.91 Å². The highest BCUT2D eigenvalue weighted by molar-refractivity contribution is 5.96. The number of ether oxygens (including phenoxy) is 1. The van der Waals surface area contributed by atoms with E-state index in [0.29, 0.717) is 37.6 Å². The Labute approximate surface area is 200 Å². The van der Waals surface area contributed by atoms with Crippen LogP contribution in [0.4, 0.5) is 24.5 Å². The molecule has 0 spiro atoms. The van der Waals surface area contributed by atoms with Crippen molar-refractivity contribution in [3.63, 3.8) is 0 Å². The fraction of sp³-hybridized carbons (Fsp3) is 0.375. The van der Waals surface area contributed by atoms with Gasteiger partial charge in [0, 0.05) is 33.1 Å². The van der Waals surface area contributed by atoms with Crippen molar-refractivity contribution in [2.24, 2.45) is 0 Å². The Morgan fingerprint density at radius 1 is 1.00 bits per heavy atom. The number of nitrogens with zero attached hydrogens (tertiary/aromatic N) is 3. The highest BCUT2D eigenvalue weighted by Crippen LogP contribution is 2.35. The third-order valence-corrected chi connectivity index (χ3v) is 5.99. The highest BCUT2D eigenvalue weighted by Gasteiger charge is 2.36. The molecule has 0 aliphatic carbocycles. The van der Waals surface area contributed by atoms with Crippen LogP contribution in [0.25, 0.3) is 0 Å². The standard InChI is InChI=1S/C24H25F3N4O4/c1-16(32)31-14-21(35-20-9-5-4-8-19(20)31)23(34)30-12-10-29(11-13-30)15-22(33)28-18-7-3-2-6-17(18)24(25,26)27/h2-9,21H,10-15H2,1H3,(H,28,33). The van der Waals surface area contributed by atoms with Gasteiger partial charge in [-0.1, -0.05) is 24.3 Å². The number of hydrogen-bond acceptors (Lipinski definition) is 5. The zero-order valence-electron chi connectivity index (χ0n) is 19.0. The van der Waals surface area contributed by atoms with E-state index in [1.807, 2.05) is 0 Å². The number of para-hydroxylation sites is 3. The first-order chi connectivity index (χ1) is 16.6. The summed E-state index contributed by atoms with van der Waals surface area (Å²) in [5, 5.41) is 2.34. The molecule has 1 fully saturated rings. The number of fused-ring (bicyclic) bond motifs is 1. The normalized spacial score (nSPS) is 18.5. The monoisotopic (exact) mass is 490 g/mol. The molecule has 0 bridgehead atoms. The molecule has 2 aliphatic heterocycles. The summed E-state index contributed by atoms with van der Waals surface area (Å²) in [6, 6.07) is 11.8. The van der Waals surface area contributed by atoms with E-state index < -0.39 is 23.8 Å². The number of anilines is 2. The average molecular weight is 490 g/mol. The molecule has 0 radical (unpaired) electrons. The lowest BCUT2D eigenvalue weighted by molar-refractivity contribution is -0.140. The second-order valence-electron chi connectivity index (χ2n) is 8.40. The first kappa shape index (κ1) is 24.5. The summed E-state index contributed by atoms with van der Waals surface area (Å²) in [5.74, 6) is -0.553. The van der Waals surface area contributed by atoms with Crippen molar-refractivity contribution in [3.05, 3.63) is 54.1 Å². The maximum atomic E-state index is 13.1. The number of piperazine rings is 1. The summed E-state index contributed by atoms with van der Waals surface area (Å²) < 4.78 is 45.3. The van der Waals surface area contributed by atoms with Crippen LogP contribution in [-0.2, 0) is 20.6 Å². The summed E-state index contributed by atoms with van der Waals surface area (Å²) in [4.78, 5) is 42.5. The second-order valence-corrected chi connectivity index (χ2v) is 8.40. The van der Waals surface area contributed by atoms with Gasteiger partial charge < -0.3 is 19.9 Å². The van der Waals surface area contributed by atoms with Gasteiger partial charge >= 0.3 is 6.18 Å². The van der Waals surface area contributed by atoms with E-state index in [-0.39, 0.29) is 30.6 Å². The molecular formula is C24H25F3N4O4. The van der Waals surface area contributed by atoms with Crippen LogP contribution in [0.5, 0.6) is 5.75 Å². The summed E-state index contributed by atoms with van der Waals surface area (Å²) in [5.41, 5.74) is -0.576. The van der Waals surface area contributed by atoms with E-state index in [0.717, 1.165) is 6.07 Å². The number of alkyl halides is 3. The van der Waals surface area contributed by atoms with Crippen LogP contribution in [0.15, 0.2) is 48.5 Å². The number of carbonyl (C=O) groups excluding carboxylic acids is 3. The minimum atomic E-state index is -4.57. The molecule has 4 rings (SSSR count). The van der Waals surface area contributed by atoms with Gasteiger partial charge in [0.2, 0.25) is 11.8 Å². The topological polar surface area (TPSA) is 82.2 Å². The van der Waals surface area contributed by atoms with Crippen LogP contribution in [0, 0.1) is 0 Å². The predicted molar refractivity (Wildman–Crippen MR) is 122 cm³/mol. The van der Waals surface area contributed by atoms with Crippen molar-refractivity contribution in [3.8, 4) is 5.75 Å². The van der Waals surface area contributed by atoms with Gasteiger partial charge in [-0.3, -0.25) is 19.3 Å². The van der Waals surface area contributed by atoms with Gasteiger partial charge in [0.15, 0.2) is 6.10 Å². The average Bonchev–Trinajstić information content (AvgIpc) is 2.83. The molecule has 1 unspecified atom stereocenters. The molecular weight excluding hydrogens is 465 g/mol. The Hall–Kier alpha value is -3.60. The van der Waals surface area contributed by atoms with Crippen LogP contribution >= 0.6 is 0 Å². The van der Waals surface area contributed by atoms with Gasteiger partial charge in [-0.25, -0.2) is 0 Å². The van der Waals surface area contributed by atoms with Gasteiger partial charge in [-0.15, -0.1) is 0 Å². The van der Waals surface area contributed by atoms with Crippen LogP contribution in [-0.4, -0.2) is 72.9 Å². The van der Waals surface area contributed by atoms with Crippen molar-refractivity contribution in [2.45, 2.75) is 19.2 Å². The van der Waals surface area contributed by atoms with E-state index in [1.54, 1.807) is 34.1 Å². The van der Waals surface area contributed by atoms with Crippen molar-refractivity contribution >= 4 is 29.1 Å². The quantitative estimate of drug-likeness (QED) is 0.713. The zero-order valence-corrected chi connectivity index (χ0v) is 19.0. The zero-order chi connectivity index (χ0) is 25.2. The van der Waals surface area contributed by atoms with Gasteiger partial charge in [-0.05, 0) is 24.3 Å². The lowest BCUT2D eigenvalue weighted by atomic mass is 10.1. The lowest BCUT2D eigenvalue weighted by Crippen LogP contribution is -2.56. The van der Waals surface area contributed by atoms with Gasteiger partial charge in [-0.2, -0.15) is 13.2 Å². The number of halogens is 3. The van der Waals surface area contributed by atoms with Crippen molar-refractivity contribution in [2.75, 3.05) is 49.5 Å². The molecule has 0 saturated carbocycles. The van der Waals surface area contributed by atoms with Crippen LogP contribution in [0.1, 0.15) is 12.5 Å². The number of hydrogen-bond donors (Lipinski definition) is 1. The smallest absolute Gasteiger partial charge is 0.418 e. The molecule has 0 aromatic heterocycles. The number of rotatable bonds is 4. The molecule has 2 aliphatic rings. The van der Waals surface area contributed by atoms with Crippen molar-refractivity contribution in [1.82, 2.24) is 9.80 Å². The Morgan fingerprint density at radius 2 is 1.66 bits per heavy atom. The maximum absolute atomic E-state index is 13.1. The minimum absolute atomic E-state index is 0.0976. The summed E-state index contributed by atoms with van der Waals surface area (Å²) in [6.45, 7) is 2.84. The fourth-order valence-corrected chi connectivity index (χ4v) is 4.22. The van der Waals surface area contributed by atoms with E-state index in [1.165, 1.54) is 30.0 Å². The Bertz CT molecular complexity index is 1120. The van der Waals surface area contributed by atoms with Crippen LogP contribution in [0.3, 0.4) is 0 Å². The SMILES string of the molecule is CC(=O)N1CC(C(=O)N2CCN(CC(=O)Nc3ccccc3C(F)(F)F)CC2)Oc2ccccc21. The molecule has 1 atom stereocenters. The van der Waals surface area contributed by atoms with E-state index in [2.05, 4.69) is 5.32 Å². The molecule has 11 heteroatoms. The molecule has 8 nitrogen and oxygen atoms in total. The Balaban J connectivity index is 1.32. The van der Waals surface area contributed by atoms with E-state index >= 15 is 0 Å². The van der Waals surface area contributed by atoms with Gasteiger partial charge in [0.1, 0.15) is 5.75 Å². The van der Waals surface area contributed by atoms with Crippen LogP contribution in [0.2, 0.25) is 0 Å². The minimum Gasteiger partial charge on any atom is -0.476 e. The molecule has 1 saturated heterocycles. The largest absolute Gasteiger partial charge is 0.476 e. The summed E-state index contributed by atoms with van der Waals surface area (Å²) in [6.07, 6.45) is -5.42. The number of amides is 3. The third-order valence-electron chi connectivity index (χ3n) is 5.99. The molecule has 3 amide bonds. The Kier molecular flexibility index (Phi) is 6.97. The third kappa shape index (κ3) is 5.56. The highest BCUT2D eigenvalue weighted by atomic mass is 19.4. The first-order valence-corrected chi connectivity index (χ1v) is 11.1. The lowest BCUT2D eigenvalue weighted by Gasteiger charge is -2.39. The molecule has 186 valence electrons. The summed E-state index contributed by atoms with van der Waals surface area (Å²) >= 11 is 0. The van der Waals surface area contributed by atoms with E-state index in [4.69, 9.17) is 4.74 Å². The molecule has 1 N–H and O–H groups in total. The predicted octanol–water partition coefficient (Wildman–Crippen LogP) is 2.60. The first-order valence-electron chi connectivity index (χ1n) is 11.1. The van der Waals surface area contributed by atoms with Crippen molar-refractivity contribution in [1.29, 1.82) is 0 Å². The molecule has 35 heavy (non-hydrogen) atoms. The molecule has 2 heterocycles. The number of nitrogens with one attached hydrogen (secondary N) is 1. The number of carbonyl (C=O) groups is 3. The molecule has 2 aromatic rings. The Morgan fingerprint density at radius 3 is 2.34 bits per heavy atom. The summed E-state index contributed by atoms with van der Waals surface area (Å²) in [7, 11) is 0. The molecule has 2 aromatic carbocycles. The van der Waals surface area contributed by atoms with Gasteiger partial charge in [0.05, 0.1) is 30.0 Å². The van der Waals surface area contributed by atoms with Crippen LogP contribution < -0.4 is 15.0 Å². The number of benzene rings is 2. The van der Waals surface area contributed by atoms with E-state index in [9.17, 15) is 27.6 Å². The maximum Gasteiger partial charge on any atom is 0.418 e. The fourth-order valence-electron chi connectivity index (χ4n) is 4.22. The van der Waals surface area contributed by atoms with Crippen molar-refractivity contribution < 1.29 is 32.3 Å². The second kappa shape index (κ2) is 9.95.